The first kappa shape index (κ1) is 23.1. The summed E-state index contributed by atoms with van der Waals surface area (Å²) in [6.45, 7) is 3.67. The summed E-state index contributed by atoms with van der Waals surface area (Å²) in [4.78, 5) is 4.20. The van der Waals surface area contributed by atoms with Gasteiger partial charge < -0.3 is 15.2 Å². The molecule has 0 amide bonds. The fraction of sp³-hybridized carbons (Fsp3) is 0.812. The summed E-state index contributed by atoms with van der Waals surface area (Å²) >= 11 is 0. The molecule has 1 aliphatic rings. The van der Waals surface area contributed by atoms with Crippen molar-refractivity contribution in [2.45, 2.75) is 58.0 Å². The third kappa shape index (κ3) is 7.77. The largest absolute Gasteiger partial charge is 0.356 e. The average molecular weight is 498 g/mol. The first-order valence-electron chi connectivity index (χ1n) is 8.95. The van der Waals surface area contributed by atoms with Gasteiger partial charge in [-0.05, 0) is 26.2 Å². The van der Waals surface area contributed by atoms with Crippen molar-refractivity contribution in [3.63, 3.8) is 0 Å². The van der Waals surface area contributed by atoms with E-state index in [0.717, 1.165) is 31.0 Å². The van der Waals surface area contributed by atoms with Crippen molar-refractivity contribution in [2.75, 3.05) is 25.6 Å². The van der Waals surface area contributed by atoms with Crippen molar-refractivity contribution >= 4 is 39.8 Å². The Kier molecular flexibility index (Phi) is 9.83. The Hall–Kier alpha value is -0.910. The van der Waals surface area contributed by atoms with Crippen LogP contribution in [-0.2, 0) is 29.2 Å². The smallest absolute Gasteiger partial charge is 0.191 e. The number of halogens is 1. The van der Waals surface area contributed by atoms with Crippen LogP contribution in [0.15, 0.2) is 4.99 Å². The predicted octanol–water partition coefficient (Wildman–Crippen LogP) is 1.15. The Labute approximate surface area is 173 Å². The van der Waals surface area contributed by atoms with Gasteiger partial charge in [-0.25, -0.2) is 8.42 Å². The van der Waals surface area contributed by atoms with E-state index in [0.29, 0.717) is 18.9 Å². The highest BCUT2D eigenvalue weighted by Crippen LogP contribution is 2.14. The summed E-state index contributed by atoms with van der Waals surface area (Å²) in [5.41, 5.74) is 0. The van der Waals surface area contributed by atoms with Gasteiger partial charge in [-0.15, -0.1) is 34.2 Å². The number of rotatable bonds is 7. The SMILES string of the molecule is CN=C(NCCc1nnc2n1CCCCC2)NC(C)CCS(C)(=O)=O.I. The van der Waals surface area contributed by atoms with Gasteiger partial charge in [0.25, 0.3) is 0 Å². The summed E-state index contributed by atoms with van der Waals surface area (Å²) in [7, 11) is -1.23. The van der Waals surface area contributed by atoms with Gasteiger partial charge in [-0.3, -0.25) is 4.99 Å². The molecule has 1 atom stereocenters. The van der Waals surface area contributed by atoms with Crippen LogP contribution in [0, 0.1) is 0 Å². The van der Waals surface area contributed by atoms with Crippen molar-refractivity contribution in [1.29, 1.82) is 0 Å². The second-order valence-corrected chi connectivity index (χ2v) is 8.97. The van der Waals surface area contributed by atoms with Crippen molar-refractivity contribution < 1.29 is 8.42 Å². The van der Waals surface area contributed by atoms with E-state index in [1.807, 2.05) is 6.92 Å². The van der Waals surface area contributed by atoms with Gasteiger partial charge >= 0.3 is 0 Å². The molecule has 8 nitrogen and oxygen atoms in total. The Balaban J connectivity index is 0.00000338. The molecule has 2 heterocycles. The van der Waals surface area contributed by atoms with Crippen molar-refractivity contribution in [3.8, 4) is 0 Å². The number of aromatic nitrogens is 3. The average Bonchev–Trinajstić information content (AvgIpc) is 2.78. The van der Waals surface area contributed by atoms with E-state index in [4.69, 9.17) is 0 Å². The van der Waals surface area contributed by atoms with Crippen LogP contribution in [0.25, 0.3) is 0 Å². The number of guanidine groups is 1. The molecule has 1 aromatic heterocycles. The summed E-state index contributed by atoms with van der Waals surface area (Å²) < 4.78 is 24.7. The molecule has 2 rings (SSSR count). The highest BCUT2D eigenvalue weighted by Gasteiger charge is 2.14. The van der Waals surface area contributed by atoms with Crippen LogP contribution in [0.3, 0.4) is 0 Å². The zero-order valence-corrected chi connectivity index (χ0v) is 19.0. The van der Waals surface area contributed by atoms with E-state index >= 15 is 0 Å². The monoisotopic (exact) mass is 498 g/mol. The molecule has 0 bridgehead atoms. The Morgan fingerprint density at radius 2 is 2.08 bits per heavy atom. The summed E-state index contributed by atoms with van der Waals surface area (Å²) in [5.74, 6) is 2.97. The number of nitrogens with zero attached hydrogens (tertiary/aromatic N) is 4. The van der Waals surface area contributed by atoms with Crippen LogP contribution in [-0.4, -0.2) is 60.8 Å². The molecule has 0 saturated carbocycles. The Bertz CT molecular complexity index is 689. The fourth-order valence-electron chi connectivity index (χ4n) is 2.91. The van der Waals surface area contributed by atoms with Gasteiger partial charge in [-0.1, -0.05) is 6.42 Å². The van der Waals surface area contributed by atoms with E-state index in [9.17, 15) is 8.42 Å². The minimum absolute atomic E-state index is 0. The Morgan fingerprint density at radius 1 is 1.31 bits per heavy atom. The molecule has 1 unspecified atom stereocenters. The molecule has 0 fully saturated rings. The lowest BCUT2D eigenvalue weighted by Gasteiger charge is -2.17. The van der Waals surface area contributed by atoms with Crippen LogP contribution in [0.2, 0.25) is 0 Å². The van der Waals surface area contributed by atoms with E-state index in [1.54, 1.807) is 7.05 Å². The van der Waals surface area contributed by atoms with Gasteiger partial charge in [-0.2, -0.15) is 0 Å². The topological polar surface area (TPSA) is 101 Å². The molecule has 26 heavy (non-hydrogen) atoms. The lowest BCUT2D eigenvalue weighted by molar-refractivity contribution is 0.579. The van der Waals surface area contributed by atoms with E-state index < -0.39 is 9.84 Å². The highest BCUT2D eigenvalue weighted by molar-refractivity contribution is 14.0. The molecule has 150 valence electrons. The van der Waals surface area contributed by atoms with Gasteiger partial charge in [0.1, 0.15) is 21.5 Å². The van der Waals surface area contributed by atoms with Crippen molar-refractivity contribution in [1.82, 2.24) is 25.4 Å². The van der Waals surface area contributed by atoms with E-state index in [1.165, 1.54) is 25.5 Å². The van der Waals surface area contributed by atoms with Gasteiger partial charge in [0.05, 0.1) is 5.75 Å². The van der Waals surface area contributed by atoms with Crippen LogP contribution in [0.5, 0.6) is 0 Å². The van der Waals surface area contributed by atoms with E-state index in [-0.39, 0.29) is 35.8 Å². The summed E-state index contributed by atoms with van der Waals surface area (Å²) in [6.07, 6.45) is 7.24. The van der Waals surface area contributed by atoms with Crippen molar-refractivity contribution in [2.24, 2.45) is 4.99 Å². The predicted molar refractivity (Wildman–Crippen MR) is 115 cm³/mol. The van der Waals surface area contributed by atoms with Crippen molar-refractivity contribution in [3.05, 3.63) is 11.6 Å². The first-order chi connectivity index (χ1) is 11.9. The summed E-state index contributed by atoms with van der Waals surface area (Å²) in [6, 6.07) is 0.0327. The maximum atomic E-state index is 11.2. The molecule has 10 heteroatoms. The second kappa shape index (κ2) is 11.1. The number of aliphatic imine (C=N–C) groups is 1. The lowest BCUT2D eigenvalue weighted by Crippen LogP contribution is -2.43. The number of sulfone groups is 1. The first-order valence-corrected chi connectivity index (χ1v) is 11.0. The fourth-order valence-corrected chi connectivity index (χ4v) is 3.70. The number of nitrogens with one attached hydrogen (secondary N) is 2. The molecule has 0 aliphatic carbocycles. The molecule has 0 saturated heterocycles. The minimum Gasteiger partial charge on any atom is -0.356 e. The molecule has 1 aromatic rings. The quantitative estimate of drug-likeness (QED) is 0.333. The zero-order chi connectivity index (χ0) is 18.3. The maximum Gasteiger partial charge on any atom is 0.191 e. The zero-order valence-electron chi connectivity index (χ0n) is 15.9. The molecule has 0 spiro atoms. The Morgan fingerprint density at radius 3 is 2.77 bits per heavy atom. The summed E-state index contributed by atoms with van der Waals surface area (Å²) in [5, 5.41) is 15.1. The van der Waals surface area contributed by atoms with Gasteiger partial charge in [0.15, 0.2) is 5.96 Å². The minimum atomic E-state index is -2.94. The number of aryl methyl sites for hydroxylation is 1. The molecular formula is C16H31IN6O2S. The second-order valence-electron chi connectivity index (χ2n) is 6.71. The number of hydrogen-bond acceptors (Lipinski definition) is 5. The lowest BCUT2D eigenvalue weighted by atomic mass is 10.2. The third-order valence-corrected chi connectivity index (χ3v) is 5.33. The standard InChI is InChI=1S/C16H30N6O2S.HI/c1-13(9-12-25(3,23)24)19-16(17-2)18-10-8-15-21-20-14-7-5-4-6-11-22(14)15;/h13H,4-12H2,1-3H3,(H2,17,18,19);1H. The van der Waals surface area contributed by atoms with Gasteiger partial charge in [0.2, 0.25) is 0 Å². The molecule has 0 aromatic carbocycles. The van der Waals surface area contributed by atoms with Gasteiger partial charge in [0, 0.05) is 45.3 Å². The number of hydrogen-bond donors (Lipinski definition) is 2. The highest BCUT2D eigenvalue weighted by atomic mass is 127. The number of fused-ring (bicyclic) bond motifs is 1. The molecule has 2 N–H and O–H groups in total. The third-order valence-electron chi connectivity index (χ3n) is 4.36. The van der Waals surface area contributed by atoms with Crippen LogP contribution >= 0.6 is 24.0 Å². The van der Waals surface area contributed by atoms with Crippen LogP contribution in [0.1, 0.15) is 44.3 Å². The molecular weight excluding hydrogens is 467 g/mol. The van der Waals surface area contributed by atoms with Crippen LogP contribution < -0.4 is 10.6 Å². The van der Waals surface area contributed by atoms with E-state index in [2.05, 4.69) is 30.4 Å². The normalized spacial score (nSPS) is 16.2. The molecule has 1 aliphatic heterocycles. The van der Waals surface area contributed by atoms with Crippen LogP contribution in [0.4, 0.5) is 0 Å². The molecule has 0 radical (unpaired) electrons. The maximum absolute atomic E-state index is 11.2.